The number of pyridine rings is 1. The van der Waals surface area contributed by atoms with Gasteiger partial charge in [0.05, 0.1) is 37.2 Å². The number of nitrogens with one attached hydrogen (secondary N) is 2. The Morgan fingerprint density at radius 3 is 2.92 bits per heavy atom. The summed E-state index contributed by atoms with van der Waals surface area (Å²) < 4.78 is 6.41. The standard InChI is InChI=1S/C17H19N5O3S/c1-10-12-7-11(9-18-16(12)22(2)21-10)19-17(24)20-13(8-15(23)25-3)14-5-4-6-26-14/h4-7,9,13H,8H2,1-3H3,(H2,19,20,24). The van der Waals surface area contributed by atoms with Crippen LogP contribution in [0.2, 0.25) is 0 Å². The maximum atomic E-state index is 12.4. The van der Waals surface area contributed by atoms with Gasteiger partial charge in [-0.15, -0.1) is 11.3 Å². The topological polar surface area (TPSA) is 98.1 Å². The highest BCUT2D eigenvalue weighted by Crippen LogP contribution is 2.23. The predicted octanol–water partition coefficient (Wildman–Crippen LogP) is 2.76. The maximum absolute atomic E-state index is 12.4. The van der Waals surface area contributed by atoms with E-state index in [4.69, 9.17) is 4.74 Å². The molecule has 3 heterocycles. The van der Waals surface area contributed by atoms with Crippen LogP contribution in [0.15, 0.2) is 29.8 Å². The van der Waals surface area contributed by atoms with Gasteiger partial charge in [-0.25, -0.2) is 9.78 Å². The summed E-state index contributed by atoms with van der Waals surface area (Å²) in [7, 11) is 3.14. The number of methoxy groups -OCH3 is 1. The lowest BCUT2D eigenvalue weighted by atomic mass is 10.2. The molecule has 0 aromatic carbocycles. The monoisotopic (exact) mass is 373 g/mol. The number of esters is 1. The van der Waals surface area contributed by atoms with E-state index in [0.29, 0.717) is 5.69 Å². The van der Waals surface area contributed by atoms with E-state index < -0.39 is 18.0 Å². The minimum absolute atomic E-state index is 0.0590. The highest BCUT2D eigenvalue weighted by molar-refractivity contribution is 7.10. The number of thiophene rings is 1. The summed E-state index contributed by atoms with van der Waals surface area (Å²) in [4.78, 5) is 29.2. The molecule has 136 valence electrons. The quantitative estimate of drug-likeness (QED) is 0.670. The summed E-state index contributed by atoms with van der Waals surface area (Å²) >= 11 is 1.46. The molecule has 0 bridgehead atoms. The lowest BCUT2D eigenvalue weighted by Gasteiger charge is -2.17. The third-order valence-corrected chi connectivity index (χ3v) is 4.90. The van der Waals surface area contributed by atoms with Crippen LogP contribution in [-0.2, 0) is 16.6 Å². The Labute approximate surface area is 154 Å². The number of ether oxygens (including phenoxy) is 1. The zero-order valence-corrected chi connectivity index (χ0v) is 15.5. The average Bonchev–Trinajstić information content (AvgIpc) is 3.23. The molecule has 0 aliphatic heterocycles. The third kappa shape index (κ3) is 3.83. The van der Waals surface area contributed by atoms with Crippen molar-refractivity contribution >= 4 is 40.1 Å². The summed E-state index contributed by atoms with van der Waals surface area (Å²) in [6.45, 7) is 1.89. The first-order valence-corrected chi connectivity index (χ1v) is 8.83. The average molecular weight is 373 g/mol. The molecule has 2 amide bonds. The molecule has 0 saturated heterocycles. The number of carbonyl (C=O) groups is 2. The van der Waals surface area contributed by atoms with E-state index >= 15 is 0 Å². The van der Waals surface area contributed by atoms with Crippen LogP contribution in [0.4, 0.5) is 10.5 Å². The van der Waals surface area contributed by atoms with E-state index in [1.54, 1.807) is 10.9 Å². The minimum Gasteiger partial charge on any atom is -0.469 e. The zero-order valence-electron chi connectivity index (χ0n) is 14.6. The smallest absolute Gasteiger partial charge is 0.319 e. The molecule has 0 saturated carbocycles. The first kappa shape index (κ1) is 17.9. The van der Waals surface area contributed by atoms with Gasteiger partial charge in [-0.1, -0.05) is 6.07 Å². The second-order valence-corrected chi connectivity index (χ2v) is 6.73. The van der Waals surface area contributed by atoms with Gasteiger partial charge in [0.1, 0.15) is 0 Å². The molecular formula is C17H19N5O3S. The molecule has 3 aromatic rings. The van der Waals surface area contributed by atoms with Crippen LogP contribution in [-0.4, -0.2) is 33.9 Å². The van der Waals surface area contributed by atoms with Crippen molar-refractivity contribution in [3.05, 3.63) is 40.3 Å². The van der Waals surface area contributed by atoms with E-state index in [1.165, 1.54) is 18.4 Å². The number of amides is 2. The van der Waals surface area contributed by atoms with Gasteiger partial charge >= 0.3 is 12.0 Å². The second kappa shape index (κ2) is 7.52. The molecule has 1 unspecified atom stereocenters. The molecular weight excluding hydrogens is 354 g/mol. The fourth-order valence-electron chi connectivity index (χ4n) is 2.66. The molecule has 3 rings (SSSR count). The van der Waals surface area contributed by atoms with Gasteiger partial charge in [0, 0.05) is 17.3 Å². The molecule has 0 radical (unpaired) electrons. The molecule has 0 aliphatic rings. The molecule has 26 heavy (non-hydrogen) atoms. The molecule has 2 N–H and O–H groups in total. The van der Waals surface area contributed by atoms with Crippen LogP contribution < -0.4 is 10.6 Å². The zero-order chi connectivity index (χ0) is 18.7. The minimum atomic E-state index is -0.459. The van der Waals surface area contributed by atoms with Crippen LogP contribution in [0.1, 0.15) is 23.0 Å². The largest absolute Gasteiger partial charge is 0.469 e. The van der Waals surface area contributed by atoms with Gasteiger partial charge < -0.3 is 15.4 Å². The van der Waals surface area contributed by atoms with Gasteiger partial charge in [-0.3, -0.25) is 9.48 Å². The number of hydrogen-bond acceptors (Lipinski definition) is 6. The van der Waals surface area contributed by atoms with Gasteiger partial charge in [-0.05, 0) is 24.4 Å². The number of urea groups is 1. The van der Waals surface area contributed by atoms with Crippen LogP contribution in [0, 0.1) is 6.92 Å². The molecule has 0 spiro atoms. The van der Waals surface area contributed by atoms with E-state index in [-0.39, 0.29) is 6.42 Å². The Morgan fingerprint density at radius 1 is 1.42 bits per heavy atom. The predicted molar refractivity (Wildman–Crippen MR) is 99.1 cm³/mol. The number of aromatic nitrogens is 3. The maximum Gasteiger partial charge on any atom is 0.319 e. The SMILES string of the molecule is COC(=O)CC(NC(=O)Nc1cnc2c(c1)c(C)nn2C)c1cccs1. The van der Waals surface area contributed by atoms with Crippen LogP contribution >= 0.6 is 11.3 Å². The van der Waals surface area contributed by atoms with E-state index in [1.807, 2.05) is 37.6 Å². The number of nitrogens with zero attached hydrogens (tertiary/aromatic N) is 3. The van der Waals surface area contributed by atoms with Crippen LogP contribution in [0.3, 0.4) is 0 Å². The van der Waals surface area contributed by atoms with Crippen molar-refractivity contribution in [2.45, 2.75) is 19.4 Å². The van der Waals surface area contributed by atoms with Crippen molar-refractivity contribution in [3.8, 4) is 0 Å². The Hall–Kier alpha value is -2.94. The first-order valence-electron chi connectivity index (χ1n) is 7.95. The second-order valence-electron chi connectivity index (χ2n) is 5.75. The number of aryl methyl sites for hydroxylation is 2. The summed E-state index contributed by atoms with van der Waals surface area (Å²) in [5.74, 6) is -0.391. The molecule has 0 fully saturated rings. The van der Waals surface area contributed by atoms with Crippen molar-refractivity contribution in [1.82, 2.24) is 20.1 Å². The number of hydrogen-bond donors (Lipinski definition) is 2. The Bertz CT molecular complexity index is 935. The number of rotatable bonds is 5. The van der Waals surface area contributed by atoms with E-state index in [2.05, 4.69) is 20.7 Å². The van der Waals surface area contributed by atoms with Gasteiger partial charge in [-0.2, -0.15) is 5.10 Å². The fourth-order valence-corrected chi connectivity index (χ4v) is 3.44. The molecule has 1 atom stereocenters. The summed E-state index contributed by atoms with van der Waals surface area (Å²) in [5.41, 5.74) is 2.13. The number of fused-ring (bicyclic) bond motifs is 1. The van der Waals surface area contributed by atoms with Crippen molar-refractivity contribution in [2.24, 2.45) is 7.05 Å². The summed E-state index contributed by atoms with van der Waals surface area (Å²) in [6, 6.07) is 4.68. The molecule has 9 heteroatoms. The van der Waals surface area contributed by atoms with Gasteiger partial charge in [0.15, 0.2) is 5.65 Å². The van der Waals surface area contributed by atoms with Crippen LogP contribution in [0.5, 0.6) is 0 Å². The van der Waals surface area contributed by atoms with Crippen LogP contribution in [0.25, 0.3) is 11.0 Å². The lowest BCUT2D eigenvalue weighted by Crippen LogP contribution is -2.33. The lowest BCUT2D eigenvalue weighted by molar-refractivity contribution is -0.141. The van der Waals surface area contributed by atoms with Gasteiger partial charge in [0.2, 0.25) is 0 Å². The fraction of sp³-hybridized carbons (Fsp3) is 0.294. The summed E-state index contributed by atoms with van der Waals surface area (Å²) in [6.07, 6.45) is 1.63. The van der Waals surface area contributed by atoms with Crippen molar-refractivity contribution in [2.75, 3.05) is 12.4 Å². The number of carbonyl (C=O) groups excluding carboxylic acids is 2. The van der Waals surface area contributed by atoms with Crippen molar-refractivity contribution in [1.29, 1.82) is 0 Å². The number of anilines is 1. The molecule has 8 nitrogen and oxygen atoms in total. The Morgan fingerprint density at radius 2 is 2.23 bits per heavy atom. The third-order valence-electron chi connectivity index (χ3n) is 3.91. The van der Waals surface area contributed by atoms with Crippen molar-refractivity contribution < 1.29 is 14.3 Å². The first-order chi connectivity index (χ1) is 12.5. The molecule has 0 aliphatic carbocycles. The normalized spacial score (nSPS) is 12.0. The Balaban J connectivity index is 1.74. The van der Waals surface area contributed by atoms with E-state index in [9.17, 15) is 9.59 Å². The Kier molecular flexibility index (Phi) is 5.17. The molecule has 3 aromatic heterocycles. The highest BCUT2D eigenvalue weighted by Gasteiger charge is 2.20. The highest BCUT2D eigenvalue weighted by atomic mass is 32.1. The van der Waals surface area contributed by atoms with E-state index in [0.717, 1.165) is 21.6 Å². The van der Waals surface area contributed by atoms with Gasteiger partial charge in [0.25, 0.3) is 0 Å². The van der Waals surface area contributed by atoms with Crippen molar-refractivity contribution in [3.63, 3.8) is 0 Å². The summed E-state index contributed by atoms with van der Waals surface area (Å²) in [5, 5.41) is 12.6.